The first-order valence-electron chi connectivity index (χ1n) is 5.50. The van der Waals surface area contributed by atoms with Gasteiger partial charge in [0.2, 0.25) is 0 Å². The number of halogens is 4. The molecule has 0 saturated carbocycles. The predicted octanol–water partition coefficient (Wildman–Crippen LogP) is 3.02. The van der Waals surface area contributed by atoms with Crippen LogP contribution in [0.4, 0.5) is 13.2 Å². The van der Waals surface area contributed by atoms with Crippen LogP contribution in [0, 0.1) is 5.92 Å². The number of nitrogens with two attached hydrogens (primary N) is 1. The summed E-state index contributed by atoms with van der Waals surface area (Å²) in [6.07, 6.45) is -5.46. The highest BCUT2D eigenvalue weighted by molar-refractivity contribution is 5.85. The Kier molecular flexibility index (Phi) is 6.62. The number of hydrogen-bond acceptors (Lipinski definition) is 3. The van der Waals surface area contributed by atoms with E-state index < -0.39 is 18.5 Å². The minimum atomic E-state index is -4.71. The van der Waals surface area contributed by atoms with Crippen molar-refractivity contribution in [1.82, 2.24) is 0 Å². The molecule has 0 aromatic heterocycles. The maximum Gasteiger partial charge on any atom is 0.573 e. The Morgan fingerprint density at radius 3 is 2.00 bits per heavy atom. The predicted molar refractivity (Wildman–Crippen MR) is 68.1 cm³/mol. The van der Waals surface area contributed by atoms with E-state index in [-0.39, 0.29) is 24.1 Å². The molecule has 0 aliphatic rings. The number of aliphatic hydroxyl groups is 1. The lowest BCUT2D eigenvalue weighted by molar-refractivity contribution is -0.274. The van der Waals surface area contributed by atoms with Crippen molar-refractivity contribution in [2.75, 3.05) is 0 Å². The molecule has 0 aliphatic carbocycles. The molecule has 1 aromatic rings. The first-order chi connectivity index (χ1) is 8.20. The maximum atomic E-state index is 11.9. The van der Waals surface area contributed by atoms with Crippen LogP contribution >= 0.6 is 12.4 Å². The van der Waals surface area contributed by atoms with Gasteiger partial charge in [-0.15, -0.1) is 25.6 Å². The number of aliphatic hydroxyl groups excluding tert-OH is 1. The summed E-state index contributed by atoms with van der Waals surface area (Å²) in [6.45, 7) is 3.62. The van der Waals surface area contributed by atoms with Crippen LogP contribution in [0.3, 0.4) is 0 Å². The molecule has 0 amide bonds. The molecule has 1 aromatic carbocycles. The lowest BCUT2D eigenvalue weighted by Gasteiger charge is -2.22. The maximum absolute atomic E-state index is 11.9. The van der Waals surface area contributed by atoms with E-state index in [1.807, 2.05) is 13.8 Å². The van der Waals surface area contributed by atoms with Crippen LogP contribution in [0.1, 0.15) is 25.5 Å². The van der Waals surface area contributed by atoms with Gasteiger partial charge in [-0.25, -0.2) is 0 Å². The number of rotatable bonds is 4. The van der Waals surface area contributed by atoms with Crippen LogP contribution in [0.25, 0.3) is 0 Å². The average Bonchev–Trinajstić information content (AvgIpc) is 2.26. The summed E-state index contributed by atoms with van der Waals surface area (Å²) in [4.78, 5) is 0. The zero-order valence-electron chi connectivity index (χ0n) is 10.5. The highest BCUT2D eigenvalue weighted by Gasteiger charge is 2.31. The zero-order valence-corrected chi connectivity index (χ0v) is 11.3. The fraction of sp³-hybridized carbons (Fsp3) is 0.500. The second-order valence-corrected chi connectivity index (χ2v) is 4.38. The third-order valence-corrected chi connectivity index (χ3v) is 2.55. The summed E-state index contributed by atoms with van der Waals surface area (Å²) in [6, 6.07) is 4.55. The van der Waals surface area contributed by atoms with Gasteiger partial charge in [0, 0.05) is 0 Å². The van der Waals surface area contributed by atoms with Gasteiger partial charge in [-0.2, -0.15) is 0 Å². The van der Waals surface area contributed by atoms with Gasteiger partial charge < -0.3 is 15.6 Å². The first-order valence-corrected chi connectivity index (χ1v) is 5.50. The van der Waals surface area contributed by atoms with E-state index in [9.17, 15) is 18.3 Å². The molecule has 7 heteroatoms. The second-order valence-electron chi connectivity index (χ2n) is 4.38. The van der Waals surface area contributed by atoms with Crippen molar-refractivity contribution in [2.45, 2.75) is 32.4 Å². The molecular weight excluding hydrogens is 283 g/mol. The third-order valence-electron chi connectivity index (χ3n) is 2.55. The van der Waals surface area contributed by atoms with Crippen molar-refractivity contribution in [3.05, 3.63) is 29.8 Å². The van der Waals surface area contributed by atoms with Gasteiger partial charge in [0.1, 0.15) is 5.75 Å². The molecule has 0 spiro atoms. The topological polar surface area (TPSA) is 55.5 Å². The summed E-state index contributed by atoms with van der Waals surface area (Å²) < 4.78 is 39.6. The quantitative estimate of drug-likeness (QED) is 0.898. The van der Waals surface area contributed by atoms with E-state index in [0.717, 1.165) is 0 Å². The van der Waals surface area contributed by atoms with Gasteiger partial charge in [0.05, 0.1) is 12.1 Å². The monoisotopic (exact) mass is 299 g/mol. The molecule has 0 unspecified atom stereocenters. The summed E-state index contributed by atoms with van der Waals surface area (Å²) in [5.41, 5.74) is 6.36. The molecule has 110 valence electrons. The van der Waals surface area contributed by atoms with E-state index >= 15 is 0 Å². The van der Waals surface area contributed by atoms with E-state index in [4.69, 9.17) is 5.73 Å². The van der Waals surface area contributed by atoms with E-state index in [1.165, 1.54) is 24.3 Å². The molecule has 0 fully saturated rings. The van der Waals surface area contributed by atoms with Crippen LogP contribution < -0.4 is 10.5 Å². The SMILES string of the molecule is CC(C)[C@@H](O)[C@@H](N)c1ccc(OC(F)(F)F)cc1.Cl. The number of hydrogen-bond donors (Lipinski definition) is 2. The minimum absolute atomic E-state index is 0. The van der Waals surface area contributed by atoms with Crippen molar-refractivity contribution in [2.24, 2.45) is 11.7 Å². The lowest BCUT2D eigenvalue weighted by atomic mass is 9.94. The fourth-order valence-corrected chi connectivity index (χ4v) is 1.50. The molecule has 0 bridgehead atoms. The van der Waals surface area contributed by atoms with E-state index in [2.05, 4.69) is 4.74 Å². The van der Waals surface area contributed by atoms with Gasteiger partial charge >= 0.3 is 6.36 Å². The Bertz CT molecular complexity index is 382. The van der Waals surface area contributed by atoms with Crippen molar-refractivity contribution in [3.8, 4) is 5.75 Å². The molecule has 0 aliphatic heterocycles. The van der Waals surface area contributed by atoms with Crippen LogP contribution in [0.15, 0.2) is 24.3 Å². The highest BCUT2D eigenvalue weighted by Crippen LogP contribution is 2.25. The van der Waals surface area contributed by atoms with E-state index in [0.29, 0.717) is 5.56 Å². The highest BCUT2D eigenvalue weighted by atomic mass is 35.5. The third kappa shape index (κ3) is 5.67. The number of benzene rings is 1. The molecule has 0 heterocycles. The molecular formula is C12H17ClF3NO2. The Labute approximate surface area is 116 Å². The van der Waals surface area contributed by atoms with Crippen molar-refractivity contribution in [3.63, 3.8) is 0 Å². The molecule has 19 heavy (non-hydrogen) atoms. The number of alkyl halides is 3. The molecule has 1 rings (SSSR count). The molecule has 0 saturated heterocycles. The Morgan fingerprint density at radius 1 is 1.16 bits per heavy atom. The molecule has 2 atom stereocenters. The molecule has 3 N–H and O–H groups in total. The van der Waals surface area contributed by atoms with E-state index in [1.54, 1.807) is 0 Å². The molecule has 0 radical (unpaired) electrons. The largest absolute Gasteiger partial charge is 0.573 e. The zero-order chi connectivity index (χ0) is 13.9. The van der Waals surface area contributed by atoms with Gasteiger partial charge in [-0.05, 0) is 23.6 Å². The standard InChI is InChI=1S/C12H16F3NO2.ClH/c1-7(2)11(17)10(16)8-3-5-9(6-4-8)18-12(13,14)15;/h3-7,10-11,17H,16H2,1-2H3;1H/t10-,11+;/m0./s1. The van der Waals surface area contributed by atoms with Crippen molar-refractivity contribution < 1.29 is 23.0 Å². The second kappa shape index (κ2) is 6.98. The normalized spacial score (nSPS) is 14.7. The summed E-state index contributed by atoms with van der Waals surface area (Å²) >= 11 is 0. The van der Waals surface area contributed by atoms with Gasteiger partial charge in [0.25, 0.3) is 0 Å². The molecule has 3 nitrogen and oxygen atoms in total. The van der Waals surface area contributed by atoms with Gasteiger partial charge in [-0.1, -0.05) is 26.0 Å². The summed E-state index contributed by atoms with van der Waals surface area (Å²) in [5, 5.41) is 9.77. The Morgan fingerprint density at radius 2 is 1.63 bits per heavy atom. The lowest BCUT2D eigenvalue weighted by Crippen LogP contribution is -2.30. The van der Waals surface area contributed by atoms with Crippen LogP contribution in [0.2, 0.25) is 0 Å². The fourth-order valence-electron chi connectivity index (χ4n) is 1.50. The minimum Gasteiger partial charge on any atom is -0.406 e. The Balaban J connectivity index is 0.00000324. The van der Waals surface area contributed by atoms with Crippen LogP contribution in [-0.4, -0.2) is 17.6 Å². The summed E-state index contributed by atoms with van der Waals surface area (Å²) in [7, 11) is 0. The smallest absolute Gasteiger partial charge is 0.406 e. The first kappa shape index (κ1) is 18.0. The van der Waals surface area contributed by atoms with Gasteiger partial charge in [0.15, 0.2) is 0 Å². The van der Waals surface area contributed by atoms with Crippen LogP contribution in [0.5, 0.6) is 5.75 Å². The average molecular weight is 300 g/mol. The van der Waals surface area contributed by atoms with Gasteiger partial charge in [-0.3, -0.25) is 0 Å². The van der Waals surface area contributed by atoms with Crippen molar-refractivity contribution in [1.29, 1.82) is 0 Å². The Hall–Kier alpha value is -0.980. The number of ether oxygens (including phenoxy) is 1. The van der Waals surface area contributed by atoms with Crippen molar-refractivity contribution >= 4 is 12.4 Å². The van der Waals surface area contributed by atoms with Crippen LogP contribution in [-0.2, 0) is 0 Å². The summed E-state index contributed by atoms with van der Waals surface area (Å²) in [5.74, 6) is -0.344.